The van der Waals surface area contributed by atoms with Crippen LogP contribution in [-0.2, 0) is 10.7 Å². The lowest BCUT2D eigenvalue weighted by Crippen LogP contribution is -2.02. The second-order valence-electron chi connectivity index (χ2n) is 3.92. The van der Waals surface area contributed by atoms with Crippen LogP contribution in [0.2, 0.25) is 0 Å². The standard InChI is InChI=1S/C12H12Br2N4/c1-7-3-9(5-13)17-11(15-7)12-16-8(2)4-10(6-14)18-12/h3-4H,5-6H2,1-2H3. The fourth-order valence-corrected chi connectivity index (χ4v) is 2.18. The van der Waals surface area contributed by atoms with Gasteiger partial charge in [-0.1, -0.05) is 31.9 Å². The first kappa shape index (κ1) is 13.5. The number of nitrogens with zero attached hydrogens (tertiary/aromatic N) is 4. The first-order valence-electron chi connectivity index (χ1n) is 5.44. The van der Waals surface area contributed by atoms with E-state index in [1.165, 1.54) is 0 Å². The van der Waals surface area contributed by atoms with Crippen LogP contribution >= 0.6 is 31.9 Å². The highest BCUT2D eigenvalue weighted by Gasteiger charge is 2.09. The molecule has 0 unspecified atom stereocenters. The van der Waals surface area contributed by atoms with E-state index in [-0.39, 0.29) is 0 Å². The van der Waals surface area contributed by atoms with Crippen molar-refractivity contribution in [3.8, 4) is 11.6 Å². The molecule has 0 spiro atoms. The molecule has 0 bridgehead atoms. The molecule has 18 heavy (non-hydrogen) atoms. The smallest absolute Gasteiger partial charge is 0.198 e. The molecule has 6 heteroatoms. The average molecular weight is 372 g/mol. The van der Waals surface area contributed by atoms with E-state index in [1.807, 2.05) is 26.0 Å². The summed E-state index contributed by atoms with van der Waals surface area (Å²) in [7, 11) is 0. The van der Waals surface area contributed by atoms with Crippen molar-refractivity contribution < 1.29 is 0 Å². The Bertz CT molecular complexity index is 520. The van der Waals surface area contributed by atoms with Crippen LogP contribution in [0.25, 0.3) is 11.6 Å². The summed E-state index contributed by atoms with van der Waals surface area (Å²) >= 11 is 6.80. The van der Waals surface area contributed by atoms with E-state index in [9.17, 15) is 0 Å². The minimum absolute atomic E-state index is 0.579. The molecule has 0 saturated heterocycles. The van der Waals surface area contributed by atoms with Crippen molar-refractivity contribution in [2.24, 2.45) is 0 Å². The summed E-state index contributed by atoms with van der Waals surface area (Å²) in [5.41, 5.74) is 3.70. The fourth-order valence-electron chi connectivity index (χ4n) is 1.60. The van der Waals surface area contributed by atoms with E-state index in [0.29, 0.717) is 22.3 Å². The zero-order chi connectivity index (χ0) is 13.1. The van der Waals surface area contributed by atoms with Crippen LogP contribution in [0.15, 0.2) is 12.1 Å². The van der Waals surface area contributed by atoms with Crippen molar-refractivity contribution in [3.63, 3.8) is 0 Å². The van der Waals surface area contributed by atoms with Gasteiger partial charge in [0.05, 0.1) is 11.4 Å². The third-order valence-corrected chi connectivity index (χ3v) is 3.44. The molecule has 0 aliphatic rings. The third-order valence-electron chi connectivity index (χ3n) is 2.29. The lowest BCUT2D eigenvalue weighted by atomic mass is 10.3. The van der Waals surface area contributed by atoms with Crippen LogP contribution in [0.3, 0.4) is 0 Å². The van der Waals surface area contributed by atoms with Gasteiger partial charge in [0, 0.05) is 22.0 Å². The molecule has 0 aliphatic heterocycles. The summed E-state index contributed by atoms with van der Waals surface area (Å²) in [5, 5.41) is 1.39. The van der Waals surface area contributed by atoms with E-state index in [4.69, 9.17) is 0 Å². The first-order valence-corrected chi connectivity index (χ1v) is 7.68. The van der Waals surface area contributed by atoms with Crippen LogP contribution in [0.4, 0.5) is 0 Å². The largest absolute Gasteiger partial charge is 0.231 e. The van der Waals surface area contributed by atoms with Crippen molar-refractivity contribution in [2.45, 2.75) is 24.5 Å². The summed E-state index contributed by atoms with van der Waals surface area (Å²) in [4.78, 5) is 17.7. The second-order valence-corrected chi connectivity index (χ2v) is 5.04. The minimum atomic E-state index is 0.579. The maximum atomic E-state index is 4.44. The van der Waals surface area contributed by atoms with Crippen LogP contribution in [-0.4, -0.2) is 19.9 Å². The van der Waals surface area contributed by atoms with E-state index in [2.05, 4.69) is 51.8 Å². The van der Waals surface area contributed by atoms with Crippen LogP contribution in [0.1, 0.15) is 22.8 Å². The highest BCUT2D eigenvalue weighted by Crippen LogP contribution is 2.15. The van der Waals surface area contributed by atoms with Gasteiger partial charge in [-0.05, 0) is 26.0 Å². The quantitative estimate of drug-likeness (QED) is 0.776. The summed E-state index contributed by atoms with van der Waals surface area (Å²) in [5.74, 6) is 1.16. The highest BCUT2D eigenvalue weighted by molar-refractivity contribution is 9.08. The van der Waals surface area contributed by atoms with Crippen molar-refractivity contribution in [3.05, 3.63) is 34.9 Å². The SMILES string of the molecule is Cc1cc(CBr)nc(-c2nc(C)cc(CBr)n2)n1. The third kappa shape index (κ3) is 3.11. The van der Waals surface area contributed by atoms with Gasteiger partial charge in [0.15, 0.2) is 11.6 Å². The zero-order valence-electron chi connectivity index (χ0n) is 10.1. The molecule has 2 aromatic heterocycles. The van der Waals surface area contributed by atoms with Crippen LogP contribution in [0, 0.1) is 13.8 Å². The van der Waals surface area contributed by atoms with Gasteiger partial charge in [-0.2, -0.15) is 0 Å². The Morgan fingerprint density at radius 2 is 1.17 bits per heavy atom. The normalized spacial score (nSPS) is 10.7. The van der Waals surface area contributed by atoms with Crippen molar-refractivity contribution in [1.82, 2.24) is 19.9 Å². The monoisotopic (exact) mass is 370 g/mol. The second kappa shape index (κ2) is 5.84. The van der Waals surface area contributed by atoms with Gasteiger partial charge in [-0.25, -0.2) is 19.9 Å². The topological polar surface area (TPSA) is 51.6 Å². The maximum Gasteiger partial charge on any atom is 0.198 e. The summed E-state index contributed by atoms with van der Waals surface area (Å²) in [6.07, 6.45) is 0. The summed E-state index contributed by atoms with van der Waals surface area (Å²) < 4.78 is 0. The molecule has 94 valence electrons. The van der Waals surface area contributed by atoms with Gasteiger partial charge >= 0.3 is 0 Å². The molecule has 2 aromatic rings. The Balaban J connectivity index is 2.53. The predicted molar refractivity (Wildman–Crippen MR) is 77.8 cm³/mol. The van der Waals surface area contributed by atoms with Gasteiger partial charge < -0.3 is 0 Å². The van der Waals surface area contributed by atoms with Gasteiger partial charge in [0.2, 0.25) is 0 Å². The molecule has 0 amide bonds. The first-order chi connectivity index (χ1) is 8.62. The molecular weight excluding hydrogens is 360 g/mol. The molecule has 0 N–H and O–H groups in total. The zero-order valence-corrected chi connectivity index (χ0v) is 13.3. The summed E-state index contributed by atoms with van der Waals surface area (Å²) in [6, 6.07) is 3.89. The lowest BCUT2D eigenvalue weighted by Gasteiger charge is -2.05. The number of rotatable bonds is 3. The number of hydrogen-bond donors (Lipinski definition) is 0. The molecule has 0 fully saturated rings. The minimum Gasteiger partial charge on any atom is -0.231 e. The van der Waals surface area contributed by atoms with Gasteiger partial charge in [0.25, 0.3) is 0 Å². The number of halogens is 2. The molecule has 0 atom stereocenters. The molecule has 2 rings (SSSR count). The fraction of sp³-hybridized carbons (Fsp3) is 0.333. The molecular formula is C12H12Br2N4. The number of aromatic nitrogens is 4. The Hall–Kier alpha value is -0.880. The number of alkyl halides is 2. The summed E-state index contributed by atoms with van der Waals surface area (Å²) in [6.45, 7) is 3.89. The average Bonchev–Trinajstić information content (AvgIpc) is 2.37. The molecule has 0 saturated carbocycles. The molecule has 0 aromatic carbocycles. The van der Waals surface area contributed by atoms with E-state index in [0.717, 1.165) is 22.8 Å². The van der Waals surface area contributed by atoms with Gasteiger partial charge in [-0.15, -0.1) is 0 Å². The molecule has 0 aliphatic carbocycles. The maximum absolute atomic E-state index is 4.44. The van der Waals surface area contributed by atoms with E-state index >= 15 is 0 Å². The molecule has 4 nitrogen and oxygen atoms in total. The van der Waals surface area contributed by atoms with Crippen molar-refractivity contribution in [2.75, 3.05) is 0 Å². The van der Waals surface area contributed by atoms with Gasteiger partial charge in [0.1, 0.15) is 0 Å². The number of hydrogen-bond acceptors (Lipinski definition) is 4. The molecule has 2 heterocycles. The highest BCUT2D eigenvalue weighted by atomic mass is 79.9. The van der Waals surface area contributed by atoms with Crippen molar-refractivity contribution in [1.29, 1.82) is 0 Å². The lowest BCUT2D eigenvalue weighted by molar-refractivity contribution is 0.983. The van der Waals surface area contributed by atoms with E-state index < -0.39 is 0 Å². The van der Waals surface area contributed by atoms with Crippen molar-refractivity contribution >= 4 is 31.9 Å². The Kier molecular flexibility index (Phi) is 4.40. The van der Waals surface area contributed by atoms with Crippen LogP contribution in [0.5, 0.6) is 0 Å². The van der Waals surface area contributed by atoms with E-state index in [1.54, 1.807) is 0 Å². The Morgan fingerprint density at radius 1 is 0.778 bits per heavy atom. The Morgan fingerprint density at radius 3 is 1.50 bits per heavy atom. The van der Waals surface area contributed by atoms with Gasteiger partial charge in [-0.3, -0.25) is 0 Å². The Labute approximate surface area is 123 Å². The number of aryl methyl sites for hydroxylation is 2. The predicted octanol–water partition coefficient (Wildman–Crippen LogP) is 3.34. The molecule has 0 radical (unpaired) electrons. The van der Waals surface area contributed by atoms with Crippen LogP contribution < -0.4 is 0 Å².